The van der Waals surface area contributed by atoms with Gasteiger partial charge in [-0.05, 0) is 30.5 Å². The van der Waals surface area contributed by atoms with Crippen LogP contribution in [-0.2, 0) is 0 Å². The molecule has 1 aliphatic carbocycles. The molecule has 0 radical (unpaired) electrons. The van der Waals surface area contributed by atoms with Crippen molar-refractivity contribution in [1.29, 1.82) is 0 Å². The minimum atomic E-state index is 0.376. The molecule has 3 rings (SSSR count). The summed E-state index contributed by atoms with van der Waals surface area (Å²) < 4.78 is 0. The molecule has 1 heterocycles. The first-order valence-electron chi connectivity index (χ1n) is 5.77. The molecule has 1 fully saturated rings. The summed E-state index contributed by atoms with van der Waals surface area (Å²) in [5, 5.41) is 1.54. The fourth-order valence-corrected chi connectivity index (χ4v) is 2.76. The Kier molecular flexibility index (Phi) is 2.52. The molecular formula is C13H13ClN2. The van der Waals surface area contributed by atoms with Gasteiger partial charge in [-0.3, -0.25) is 0 Å². The summed E-state index contributed by atoms with van der Waals surface area (Å²) in [5.41, 5.74) is 2.11. The van der Waals surface area contributed by atoms with Crippen molar-refractivity contribution in [3.05, 3.63) is 35.2 Å². The predicted octanol–water partition coefficient (Wildman–Crippen LogP) is 3.94. The van der Waals surface area contributed by atoms with E-state index in [1.165, 1.54) is 31.1 Å². The lowest BCUT2D eigenvalue weighted by atomic mass is 10.00. The second kappa shape index (κ2) is 4.02. The third-order valence-corrected chi connectivity index (χ3v) is 3.52. The Bertz CT molecular complexity index is 518. The van der Waals surface area contributed by atoms with E-state index in [0.717, 1.165) is 11.2 Å². The van der Waals surface area contributed by atoms with Gasteiger partial charge in [0.25, 0.3) is 0 Å². The zero-order chi connectivity index (χ0) is 11.0. The normalized spacial score (nSPS) is 17.1. The molecule has 3 heteroatoms. The number of aromatic nitrogens is 2. The van der Waals surface area contributed by atoms with E-state index in [0.29, 0.717) is 11.2 Å². The average molecular weight is 233 g/mol. The molecule has 2 nitrogen and oxygen atoms in total. The lowest BCUT2D eigenvalue weighted by molar-refractivity contribution is 0.703. The van der Waals surface area contributed by atoms with Gasteiger partial charge < -0.3 is 0 Å². The molecule has 0 saturated heterocycles. The van der Waals surface area contributed by atoms with Crippen molar-refractivity contribution >= 4 is 22.5 Å². The van der Waals surface area contributed by atoms with Crippen LogP contribution in [0.1, 0.15) is 37.3 Å². The highest BCUT2D eigenvalue weighted by Crippen LogP contribution is 2.36. The van der Waals surface area contributed by atoms with Gasteiger partial charge in [-0.1, -0.05) is 31.0 Å². The van der Waals surface area contributed by atoms with Crippen LogP contribution in [0.15, 0.2) is 24.3 Å². The second-order valence-corrected chi connectivity index (χ2v) is 4.71. The third-order valence-electron chi connectivity index (χ3n) is 3.35. The van der Waals surface area contributed by atoms with E-state index in [2.05, 4.69) is 16.0 Å². The number of nitrogens with zero attached hydrogens (tertiary/aromatic N) is 2. The van der Waals surface area contributed by atoms with Crippen LogP contribution >= 0.6 is 11.6 Å². The molecule has 0 aliphatic heterocycles. The molecule has 82 valence electrons. The van der Waals surface area contributed by atoms with Crippen LogP contribution in [0.25, 0.3) is 10.9 Å². The molecule has 16 heavy (non-hydrogen) atoms. The molecule has 2 aromatic rings. The van der Waals surface area contributed by atoms with Gasteiger partial charge in [0, 0.05) is 11.3 Å². The Balaban J connectivity index is 2.21. The second-order valence-electron chi connectivity index (χ2n) is 4.38. The largest absolute Gasteiger partial charge is 0.223 e. The fraction of sp³-hybridized carbons (Fsp3) is 0.385. The number of hydrogen-bond acceptors (Lipinski definition) is 2. The summed E-state index contributed by atoms with van der Waals surface area (Å²) in [6.07, 6.45) is 5.08. The first kappa shape index (κ1) is 10.0. The summed E-state index contributed by atoms with van der Waals surface area (Å²) in [6.45, 7) is 0. The molecule has 0 unspecified atom stereocenters. The Labute approximate surface area is 99.7 Å². The van der Waals surface area contributed by atoms with Gasteiger partial charge in [0.15, 0.2) is 0 Å². The van der Waals surface area contributed by atoms with Crippen molar-refractivity contribution in [3.63, 3.8) is 0 Å². The number of para-hydroxylation sites is 1. The standard InChI is InChI=1S/C13H13ClN2/c14-13-15-11-8-4-3-7-10(11)12(16-13)9-5-1-2-6-9/h3-4,7-9H,1-2,5-6H2. The molecule has 0 bridgehead atoms. The Morgan fingerprint density at radius 2 is 1.81 bits per heavy atom. The van der Waals surface area contributed by atoms with Crippen LogP contribution in [0.2, 0.25) is 5.28 Å². The lowest BCUT2D eigenvalue weighted by Gasteiger charge is -2.11. The predicted molar refractivity (Wildman–Crippen MR) is 65.8 cm³/mol. The number of rotatable bonds is 1. The van der Waals surface area contributed by atoms with Crippen molar-refractivity contribution in [2.24, 2.45) is 0 Å². The highest BCUT2D eigenvalue weighted by Gasteiger charge is 2.21. The summed E-state index contributed by atoms with van der Waals surface area (Å²) in [6, 6.07) is 8.13. The molecule has 0 atom stereocenters. The van der Waals surface area contributed by atoms with Crippen molar-refractivity contribution in [1.82, 2.24) is 9.97 Å². The summed E-state index contributed by atoms with van der Waals surface area (Å²) in [7, 11) is 0. The first-order valence-corrected chi connectivity index (χ1v) is 6.14. The summed E-state index contributed by atoms with van der Waals surface area (Å²) >= 11 is 5.98. The van der Waals surface area contributed by atoms with Gasteiger partial charge in [-0.25, -0.2) is 9.97 Å². The number of hydrogen-bond donors (Lipinski definition) is 0. The van der Waals surface area contributed by atoms with Gasteiger partial charge in [-0.2, -0.15) is 0 Å². The minimum absolute atomic E-state index is 0.376. The quantitative estimate of drug-likeness (QED) is 0.696. The van der Waals surface area contributed by atoms with E-state index in [1.54, 1.807) is 0 Å². The van der Waals surface area contributed by atoms with Crippen LogP contribution in [-0.4, -0.2) is 9.97 Å². The molecule has 0 N–H and O–H groups in total. The molecule has 0 spiro atoms. The fourth-order valence-electron chi connectivity index (χ4n) is 2.58. The van der Waals surface area contributed by atoms with Gasteiger partial charge in [-0.15, -0.1) is 0 Å². The maximum atomic E-state index is 5.98. The summed E-state index contributed by atoms with van der Waals surface area (Å²) in [5.74, 6) is 0.574. The van der Waals surface area contributed by atoms with Gasteiger partial charge in [0.2, 0.25) is 5.28 Å². The van der Waals surface area contributed by atoms with Gasteiger partial charge >= 0.3 is 0 Å². The number of benzene rings is 1. The Hall–Kier alpha value is -1.15. The van der Waals surface area contributed by atoms with Crippen molar-refractivity contribution in [3.8, 4) is 0 Å². The number of halogens is 1. The highest BCUT2D eigenvalue weighted by atomic mass is 35.5. The van der Waals surface area contributed by atoms with E-state index in [-0.39, 0.29) is 0 Å². The maximum absolute atomic E-state index is 5.98. The van der Waals surface area contributed by atoms with Gasteiger partial charge in [0.1, 0.15) is 0 Å². The van der Waals surface area contributed by atoms with Crippen LogP contribution < -0.4 is 0 Å². The molecule has 1 aromatic heterocycles. The van der Waals surface area contributed by atoms with Crippen LogP contribution in [0, 0.1) is 0 Å². The zero-order valence-corrected chi connectivity index (χ0v) is 9.74. The SMILES string of the molecule is Clc1nc(C2CCCC2)c2ccccc2n1. The van der Waals surface area contributed by atoms with Crippen LogP contribution in [0.3, 0.4) is 0 Å². The molecular weight excluding hydrogens is 220 g/mol. The topological polar surface area (TPSA) is 25.8 Å². The monoisotopic (exact) mass is 232 g/mol. The van der Waals surface area contributed by atoms with Gasteiger partial charge in [0.05, 0.1) is 11.2 Å². The van der Waals surface area contributed by atoms with Crippen molar-refractivity contribution < 1.29 is 0 Å². The van der Waals surface area contributed by atoms with Crippen LogP contribution in [0.4, 0.5) is 0 Å². The lowest BCUT2D eigenvalue weighted by Crippen LogP contribution is -2.00. The number of fused-ring (bicyclic) bond motifs is 1. The molecule has 1 saturated carbocycles. The highest BCUT2D eigenvalue weighted by molar-refractivity contribution is 6.28. The van der Waals surface area contributed by atoms with E-state index < -0.39 is 0 Å². The van der Waals surface area contributed by atoms with Crippen LogP contribution in [0.5, 0.6) is 0 Å². The zero-order valence-electron chi connectivity index (χ0n) is 8.99. The molecule has 0 amide bonds. The smallest absolute Gasteiger partial charge is 0.222 e. The first-order chi connectivity index (χ1) is 7.84. The molecule has 1 aromatic carbocycles. The summed E-state index contributed by atoms with van der Waals surface area (Å²) in [4.78, 5) is 8.70. The van der Waals surface area contributed by atoms with Crippen molar-refractivity contribution in [2.75, 3.05) is 0 Å². The van der Waals surface area contributed by atoms with E-state index in [4.69, 9.17) is 11.6 Å². The maximum Gasteiger partial charge on any atom is 0.223 e. The molecule has 1 aliphatic rings. The van der Waals surface area contributed by atoms with E-state index >= 15 is 0 Å². The van der Waals surface area contributed by atoms with E-state index in [9.17, 15) is 0 Å². The van der Waals surface area contributed by atoms with E-state index in [1.807, 2.05) is 18.2 Å². The minimum Gasteiger partial charge on any atom is -0.222 e. The average Bonchev–Trinajstić information content (AvgIpc) is 2.81. The Morgan fingerprint density at radius 1 is 1.06 bits per heavy atom. The third kappa shape index (κ3) is 1.67. The Morgan fingerprint density at radius 3 is 2.62 bits per heavy atom. The van der Waals surface area contributed by atoms with Crippen molar-refractivity contribution in [2.45, 2.75) is 31.6 Å².